The number of thioether (sulfide) groups is 1. The number of nitrogen functional groups attached to an aromatic ring is 1. The van der Waals surface area contributed by atoms with Crippen molar-refractivity contribution in [1.82, 2.24) is 0 Å². The summed E-state index contributed by atoms with van der Waals surface area (Å²) in [5.41, 5.74) is 13.4. The number of hydrogen-bond donors (Lipinski definition) is 2. The molecule has 0 aliphatic heterocycles. The summed E-state index contributed by atoms with van der Waals surface area (Å²) in [6.07, 6.45) is 0. The molecule has 0 aromatic heterocycles. The lowest BCUT2D eigenvalue weighted by atomic mass is 10.2. The summed E-state index contributed by atoms with van der Waals surface area (Å²) < 4.78 is 0. The Kier molecular flexibility index (Phi) is 3.63. The fourth-order valence-electron chi connectivity index (χ4n) is 0.993. The van der Waals surface area contributed by atoms with Crippen molar-refractivity contribution < 1.29 is 0 Å². The van der Waals surface area contributed by atoms with Gasteiger partial charge in [0.2, 0.25) is 0 Å². The molecule has 1 unspecified atom stereocenters. The number of rotatable bonds is 3. The van der Waals surface area contributed by atoms with Crippen molar-refractivity contribution in [1.29, 1.82) is 0 Å². The normalized spacial score (nSPS) is 12.8. The minimum Gasteiger partial charge on any atom is -0.399 e. The van der Waals surface area contributed by atoms with Gasteiger partial charge in [-0.25, -0.2) is 0 Å². The summed E-state index contributed by atoms with van der Waals surface area (Å²) in [7, 11) is 0. The summed E-state index contributed by atoms with van der Waals surface area (Å²) in [5, 5.41) is 0. The SMILES string of the molecule is Cc1ccc(N)cc1SCC(C)N. The quantitative estimate of drug-likeness (QED) is 0.574. The van der Waals surface area contributed by atoms with Gasteiger partial charge < -0.3 is 11.5 Å². The molecule has 0 aliphatic rings. The van der Waals surface area contributed by atoms with Crippen molar-refractivity contribution in [3.63, 3.8) is 0 Å². The molecule has 0 saturated heterocycles. The first-order chi connectivity index (χ1) is 6.09. The molecule has 0 radical (unpaired) electrons. The van der Waals surface area contributed by atoms with Crippen molar-refractivity contribution in [2.75, 3.05) is 11.5 Å². The van der Waals surface area contributed by atoms with Crippen LogP contribution in [0, 0.1) is 6.92 Å². The molecule has 1 atom stereocenters. The molecule has 1 aromatic carbocycles. The van der Waals surface area contributed by atoms with Gasteiger partial charge in [-0.3, -0.25) is 0 Å². The molecule has 13 heavy (non-hydrogen) atoms. The first kappa shape index (κ1) is 10.4. The van der Waals surface area contributed by atoms with Gasteiger partial charge in [0, 0.05) is 22.4 Å². The Labute approximate surface area is 83.7 Å². The van der Waals surface area contributed by atoms with E-state index < -0.39 is 0 Å². The van der Waals surface area contributed by atoms with E-state index in [2.05, 4.69) is 6.92 Å². The van der Waals surface area contributed by atoms with E-state index in [0.29, 0.717) is 0 Å². The highest BCUT2D eigenvalue weighted by molar-refractivity contribution is 7.99. The highest BCUT2D eigenvalue weighted by Crippen LogP contribution is 2.24. The number of benzene rings is 1. The van der Waals surface area contributed by atoms with E-state index in [-0.39, 0.29) is 6.04 Å². The van der Waals surface area contributed by atoms with Crippen LogP contribution in [0.25, 0.3) is 0 Å². The molecule has 0 spiro atoms. The van der Waals surface area contributed by atoms with Gasteiger partial charge in [-0.1, -0.05) is 6.07 Å². The molecule has 0 amide bonds. The van der Waals surface area contributed by atoms with Gasteiger partial charge in [0.25, 0.3) is 0 Å². The van der Waals surface area contributed by atoms with Crippen molar-refractivity contribution in [3.8, 4) is 0 Å². The molecule has 0 fully saturated rings. The average Bonchev–Trinajstić information content (AvgIpc) is 2.06. The highest BCUT2D eigenvalue weighted by atomic mass is 32.2. The van der Waals surface area contributed by atoms with Crippen molar-refractivity contribution >= 4 is 17.4 Å². The predicted molar refractivity (Wildman–Crippen MR) is 60.0 cm³/mol. The molecule has 0 saturated carbocycles. The Morgan fingerprint density at radius 1 is 1.46 bits per heavy atom. The largest absolute Gasteiger partial charge is 0.399 e. The summed E-state index contributed by atoms with van der Waals surface area (Å²) >= 11 is 1.76. The molecular weight excluding hydrogens is 180 g/mol. The standard InChI is InChI=1S/C10H16N2S/c1-7-3-4-9(12)5-10(7)13-6-8(2)11/h3-5,8H,6,11-12H2,1-2H3. The molecule has 72 valence electrons. The highest BCUT2D eigenvalue weighted by Gasteiger charge is 2.01. The topological polar surface area (TPSA) is 52.0 Å². The van der Waals surface area contributed by atoms with Crippen LogP contribution in [-0.4, -0.2) is 11.8 Å². The van der Waals surface area contributed by atoms with E-state index in [9.17, 15) is 0 Å². The Morgan fingerprint density at radius 2 is 2.15 bits per heavy atom. The van der Waals surface area contributed by atoms with E-state index >= 15 is 0 Å². The Morgan fingerprint density at radius 3 is 2.77 bits per heavy atom. The summed E-state index contributed by atoms with van der Waals surface area (Å²) in [6.45, 7) is 4.09. The number of nitrogens with two attached hydrogens (primary N) is 2. The second-order valence-electron chi connectivity index (χ2n) is 3.31. The second-order valence-corrected chi connectivity index (χ2v) is 4.38. The predicted octanol–water partition coefficient (Wildman–Crippen LogP) is 2.02. The van der Waals surface area contributed by atoms with Crippen LogP contribution < -0.4 is 11.5 Å². The molecule has 4 N–H and O–H groups in total. The first-order valence-electron chi connectivity index (χ1n) is 4.34. The minimum absolute atomic E-state index is 0.228. The smallest absolute Gasteiger partial charge is 0.0325 e. The number of aryl methyl sites for hydroxylation is 1. The summed E-state index contributed by atoms with van der Waals surface area (Å²) in [4.78, 5) is 1.23. The van der Waals surface area contributed by atoms with Crippen LogP contribution in [0.3, 0.4) is 0 Å². The maximum atomic E-state index is 5.69. The maximum Gasteiger partial charge on any atom is 0.0325 e. The van der Waals surface area contributed by atoms with Gasteiger partial charge in [-0.2, -0.15) is 0 Å². The Bertz CT molecular complexity index is 284. The van der Waals surface area contributed by atoms with Crippen LogP contribution in [0.4, 0.5) is 5.69 Å². The van der Waals surface area contributed by atoms with Crippen LogP contribution >= 0.6 is 11.8 Å². The average molecular weight is 196 g/mol. The zero-order chi connectivity index (χ0) is 9.84. The summed E-state index contributed by atoms with van der Waals surface area (Å²) in [5.74, 6) is 0.935. The zero-order valence-electron chi connectivity index (χ0n) is 8.08. The second kappa shape index (κ2) is 4.53. The van der Waals surface area contributed by atoms with Crippen molar-refractivity contribution in [3.05, 3.63) is 23.8 Å². The van der Waals surface area contributed by atoms with Gasteiger partial charge in [-0.05, 0) is 31.5 Å². The van der Waals surface area contributed by atoms with Gasteiger partial charge in [0.15, 0.2) is 0 Å². The van der Waals surface area contributed by atoms with Gasteiger partial charge in [-0.15, -0.1) is 11.8 Å². The van der Waals surface area contributed by atoms with E-state index in [1.165, 1.54) is 10.5 Å². The van der Waals surface area contributed by atoms with Crippen molar-refractivity contribution in [2.45, 2.75) is 24.8 Å². The number of hydrogen-bond acceptors (Lipinski definition) is 3. The molecule has 0 aliphatic carbocycles. The first-order valence-corrected chi connectivity index (χ1v) is 5.32. The van der Waals surface area contributed by atoms with E-state index in [1.807, 2.05) is 25.1 Å². The molecule has 0 heterocycles. The van der Waals surface area contributed by atoms with Crippen LogP contribution in [0.2, 0.25) is 0 Å². The lowest BCUT2D eigenvalue weighted by Crippen LogP contribution is -2.17. The van der Waals surface area contributed by atoms with E-state index in [0.717, 1.165) is 11.4 Å². The van der Waals surface area contributed by atoms with Crippen LogP contribution in [0.1, 0.15) is 12.5 Å². The van der Waals surface area contributed by atoms with E-state index in [1.54, 1.807) is 11.8 Å². The number of anilines is 1. The van der Waals surface area contributed by atoms with Crippen LogP contribution in [-0.2, 0) is 0 Å². The molecule has 1 aromatic rings. The van der Waals surface area contributed by atoms with Crippen LogP contribution in [0.5, 0.6) is 0 Å². The maximum absolute atomic E-state index is 5.69. The van der Waals surface area contributed by atoms with Gasteiger partial charge in [0.05, 0.1) is 0 Å². The fourth-order valence-corrected chi connectivity index (χ4v) is 1.95. The third-order valence-electron chi connectivity index (χ3n) is 1.71. The van der Waals surface area contributed by atoms with Gasteiger partial charge >= 0.3 is 0 Å². The van der Waals surface area contributed by atoms with Crippen LogP contribution in [0.15, 0.2) is 23.1 Å². The fraction of sp³-hybridized carbons (Fsp3) is 0.400. The lowest BCUT2D eigenvalue weighted by Gasteiger charge is -2.08. The monoisotopic (exact) mass is 196 g/mol. The van der Waals surface area contributed by atoms with E-state index in [4.69, 9.17) is 11.5 Å². The molecular formula is C10H16N2S. The van der Waals surface area contributed by atoms with Crippen molar-refractivity contribution in [2.24, 2.45) is 5.73 Å². The Balaban J connectivity index is 2.70. The van der Waals surface area contributed by atoms with Gasteiger partial charge in [0.1, 0.15) is 0 Å². The molecule has 3 heteroatoms. The Hall–Kier alpha value is -0.670. The third-order valence-corrected chi connectivity index (χ3v) is 3.16. The molecule has 2 nitrogen and oxygen atoms in total. The molecule has 1 rings (SSSR count). The third kappa shape index (κ3) is 3.28. The molecule has 0 bridgehead atoms. The lowest BCUT2D eigenvalue weighted by molar-refractivity contribution is 0.847. The zero-order valence-corrected chi connectivity index (χ0v) is 8.90. The minimum atomic E-state index is 0.228. The summed E-state index contributed by atoms with van der Waals surface area (Å²) in [6, 6.07) is 6.19.